The van der Waals surface area contributed by atoms with E-state index in [0.717, 1.165) is 24.4 Å². The standard InChI is InChI=1S/C20H26N2O5S2/c1-28(24,25)18-8-5-9-19(12-18)29(26,27)21-20-14-22(11-10-17(20)15-23)13-16-6-3-2-4-7-16/h2-9,12,17,20-21,23H,10-11,13-15H2,1H3/t17-,20-/m1/s1. The summed E-state index contributed by atoms with van der Waals surface area (Å²) in [5.41, 5.74) is 1.14. The number of aliphatic hydroxyl groups excluding tert-OH is 1. The molecule has 0 spiro atoms. The second kappa shape index (κ2) is 8.93. The van der Waals surface area contributed by atoms with E-state index in [1.807, 2.05) is 30.3 Å². The van der Waals surface area contributed by atoms with Gasteiger partial charge < -0.3 is 5.11 Å². The SMILES string of the molecule is CS(=O)(=O)c1cccc(S(=O)(=O)N[C@@H]2CN(Cc3ccccc3)CC[C@@H]2CO)c1. The van der Waals surface area contributed by atoms with Gasteiger partial charge in [-0.05, 0) is 36.7 Å². The van der Waals surface area contributed by atoms with Gasteiger partial charge in [0, 0.05) is 37.9 Å². The van der Waals surface area contributed by atoms with E-state index in [1.165, 1.54) is 18.2 Å². The van der Waals surface area contributed by atoms with Crippen molar-refractivity contribution in [1.29, 1.82) is 0 Å². The number of piperidine rings is 1. The summed E-state index contributed by atoms with van der Waals surface area (Å²) >= 11 is 0. The lowest BCUT2D eigenvalue weighted by molar-refractivity contribution is 0.101. The molecule has 2 N–H and O–H groups in total. The monoisotopic (exact) mass is 438 g/mol. The van der Waals surface area contributed by atoms with Crippen LogP contribution in [0.1, 0.15) is 12.0 Å². The Morgan fingerprint density at radius 3 is 2.38 bits per heavy atom. The van der Waals surface area contributed by atoms with E-state index in [9.17, 15) is 21.9 Å². The summed E-state index contributed by atoms with van der Waals surface area (Å²) in [6, 6.07) is 14.8. The van der Waals surface area contributed by atoms with Crippen LogP contribution in [0.5, 0.6) is 0 Å². The van der Waals surface area contributed by atoms with Crippen molar-refractivity contribution in [3.63, 3.8) is 0 Å². The zero-order valence-corrected chi connectivity index (χ0v) is 17.9. The molecule has 0 aliphatic carbocycles. The minimum atomic E-state index is -3.93. The molecule has 1 aliphatic rings. The molecule has 1 heterocycles. The van der Waals surface area contributed by atoms with E-state index in [1.54, 1.807) is 0 Å². The number of nitrogens with zero attached hydrogens (tertiary/aromatic N) is 1. The third-order valence-electron chi connectivity index (χ3n) is 5.17. The van der Waals surface area contributed by atoms with Crippen molar-refractivity contribution in [2.75, 3.05) is 26.0 Å². The Balaban J connectivity index is 1.78. The van der Waals surface area contributed by atoms with Crippen molar-refractivity contribution >= 4 is 19.9 Å². The molecule has 1 aliphatic heterocycles. The molecule has 2 aromatic carbocycles. The number of sulfonamides is 1. The van der Waals surface area contributed by atoms with Crippen molar-refractivity contribution in [3.8, 4) is 0 Å². The van der Waals surface area contributed by atoms with Crippen molar-refractivity contribution in [2.24, 2.45) is 5.92 Å². The first-order valence-corrected chi connectivity index (χ1v) is 12.8. The van der Waals surface area contributed by atoms with Gasteiger partial charge in [-0.1, -0.05) is 36.4 Å². The Morgan fingerprint density at radius 2 is 1.72 bits per heavy atom. The molecule has 3 rings (SSSR count). The highest BCUT2D eigenvalue weighted by Gasteiger charge is 2.32. The van der Waals surface area contributed by atoms with Gasteiger partial charge in [0.05, 0.1) is 9.79 Å². The number of rotatable bonds is 7. The van der Waals surface area contributed by atoms with Crippen LogP contribution >= 0.6 is 0 Å². The van der Waals surface area contributed by atoms with E-state index in [2.05, 4.69) is 9.62 Å². The van der Waals surface area contributed by atoms with Gasteiger partial charge in [0.2, 0.25) is 10.0 Å². The fourth-order valence-corrected chi connectivity index (χ4v) is 5.63. The van der Waals surface area contributed by atoms with Gasteiger partial charge in [0.15, 0.2) is 9.84 Å². The van der Waals surface area contributed by atoms with Gasteiger partial charge in [-0.25, -0.2) is 21.6 Å². The summed E-state index contributed by atoms with van der Waals surface area (Å²) in [5.74, 6) is -0.199. The van der Waals surface area contributed by atoms with Gasteiger partial charge in [-0.2, -0.15) is 0 Å². The molecule has 29 heavy (non-hydrogen) atoms. The average Bonchev–Trinajstić information content (AvgIpc) is 2.68. The number of likely N-dealkylation sites (tertiary alicyclic amines) is 1. The maximum Gasteiger partial charge on any atom is 0.240 e. The Morgan fingerprint density at radius 1 is 1.03 bits per heavy atom. The molecular weight excluding hydrogens is 412 g/mol. The summed E-state index contributed by atoms with van der Waals surface area (Å²) in [5, 5.41) is 9.72. The lowest BCUT2D eigenvalue weighted by Crippen LogP contribution is -2.53. The van der Waals surface area contributed by atoms with Crippen molar-refractivity contribution in [2.45, 2.75) is 28.8 Å². The molecule has 1 fully saturated rings. The average molecular weight is 439 g/mol. The molecule has 0 radical (unpaired) electrons. The van der Waals surface area contributed by atoms with E-state index in [-0.39, 0.29) is 22.3 Å². The maximum atomic E-state index is 12.9. The summed E-state index contributed by atoms with van der Waals surface area (Å²) < 4.78 is 52.0. The molecule has 158 valence electrons. The molecule has 7 nitrogen and oxygen atoms in total. The van der Waals surface area contributed by atoms with Crippen LogP contribution in [0.2, 0.25) is 0 Å². The molecule has 2 aromatic rings. The molecular formula is C20H26N2O5S2. The first kappa shape index (κ1) is 21.9. The molecule has 0 unspecified atom stereocenters. The van der Waals surface area contributed by atoms with Crippen LogP contribution in [-0.4, -0.2) is 58.8 Å². The first-order chi connectivity index (χ1) is 13.7. The first-order valence-electron chi connectivity index (χ1n) is 9.38. The van der Waals surface area contributed by atoms with Crippen LogP contribution in [0.15, 0.2) is 64.4 Å². The molecule has 0 saturated carbocycles. The number of aliphatic hydroxyl groups is 1. The highest BCUT2D eigenvalue weighted by molar-refractivity contribution is 7.91. The lowest BCUT2D eigenvalue weighted by atomic mass is 9.93. The van der Waals surface area contributed by atoms with Gasteiger partial charge in [-0.3, -0.25) is 4.90 Å². The molecule has 0 amide bonds. The zero-order chi connectivity index (χ0) is 21.1. The lowest BCUT2D eigenvalue weighted by Gasteiger charge is -2.38. The van der Waals surface area contributed by atoms with Crippen molar-refractivity contribution in [3.05, 3.63) is 60.2 Å². The molecule has 0 aromatic heterocycles. The third-order valence-corrected chi connectivity index (χ3v) is 7.77. The van der Waals surface area contributed by atoms with Crippen molar-refractivity contribution < 1.29 is 21.9 Å². The van der Waals surface area contributed by atoms with E-state index >= 15 is 0 Å². The number of nitrogens with one attached hydrogen (secondary N) is 1. The largest absolute Gasteiger partial charge is 0.396 e. The number of hydrogen-bond acceptors (Lipinski definition) is 6. The van der Waals surface area contributed by atoms with Crippen LogP contribution in [-0.2, 0) is 26.4 Å². The fourth-order valence-electron chi connectivity index (χ4n) is 3.54. The second-order valence-electron chi connectivity index (χ2n) is 7.43. The fraction of sp³-hybridized carbons (Fsp3) is 0.400. The maximum absolute atomic E-state index is 12.9. The molecule has 1 saturated heterocycles. The third kappa shape index (κ3) is 5.64. The van der Waals surface area contributed by atoms with Gasteiger partial charge in [0.25, 0.3) is 0 Å². The summed E-state index contributed by atoms with van der Waals surface area (Å²) in [7, 11) is -7.45. The van der Waals surface area contributed by atoms with Crippen LogP contribution in [0.3, 0.4) is 0 Å². The Bertz CT molecular complexity index is 1040. The van der Waals surface area contributed by atoms with E-state index in [4.69, 9.17) is 0 Å². The number of hydrogen-bond donors (Lipinski definition) is 2. The normalized spacial score (nSPS) is 21.2. The van der Waals surface area contributed by atoms with Gasteiger partial charge in [-0.15, -0.1) is 0 Å². The Kier molecular flexibility index (Phi) is 6.75. The zero-order valence-electron chi connectivity index (χ0n) is 16.2. The van der Waals surface area contributed by atoms with Gasteiger partial charge in [0.1, 0.15) is 0 Å². The van der Waals surface area contributed by atoms with Gasteiger partial charge >= 0.3 is 0 Å². The highest BCUT2D eigenvalue weighted by atomic mass is 32.2. The Labute approximate surface area is 172 Å². The van der Waals surface area contributed by atoms with Crippen LogP contribution < -0.4 is 4.72 Å². The second-order valence-corrected chi connectivity index (χ2v) is 11.2. The quantitative estimate of drug-likeness (QED) is 0.674. The van der Waals surface area contributed by atoms with Crippen LogP contribution in [0.4, 0.5) is 0 Å². The van der Waals surface area contributed by atoms with E-state index < -0.39 is 25.9 Å². The minimum Gasteiger partial charge on any atom is -0.396 e. The highest BCUT2D eigenvalue weighted by Crippen LogP contribution is 2.22. The topological polar surface area (TPSA) is 104 Å². The van der Waals surface area contributed by atoms with Crippen LogP contribution in [0.25, 0.3) is 0 Å². The summed E-state index contributed by atoms with van der Waals surface area (Å²) in [6.45, 7) is 1.81. The Hall–Kier alpha value is -1.78. The smallest absolute Gasteiger partial charge is 0.240 e. The summed E-state index contributed by atoms with van der Waals surface area (Å²) in [4.78, 5) is 2.01. The minimum absolute atomic E-state index is 0.0477. The van der Waals surface area contributed by atoms with E-state index in [0.29, 0.717) is 19.5 Å². The number of sulfone groups is 1. The molecule has 0 bridgehead atoms. The van der Waals surface area contributed by atoms with Crippen LogP contribution in [0, 0.1) is 5.92 Å². The summed E-state index contributed by atoms with van der Waals surface area (Å²) in [6.07, 6.45) is 1.70. The predicted octanol–water partition coefficient (Wildman–Crippen LogP) is 1.25. The number of benzene rings is 2. The predicted molar refractivity (Wildman–Crippen MR) is 111 cm³/mol. The van der Waals surface area contributed by atoms with Crippen molar-refractivity contribution in [1.82, 2.24) is 9.62 Å². The molecule has 9 heteroatoms. The molecule has 2 atom stereocenters.